The van der Waals surface area contributed by atoms with Crippen LogP contribution >= 0.6 is 0 Å². The normalized spacial score (nSPS) is 12.8. The lowest BCUT2D eigenvalue weighted by Gasteiger charge is -2.17. The Labute approximate surface area is 152 Å². The molecule has 0 aliphatic carbocycles. The number of fused-ring (bicyclic) bond motifs is 1. The van der Waals surface area contributed by atoms with Gasteiger partial charge in [0.15, 0.2) is 11.5 Å². The van der Waals surface area contributed by atoms with E-state index in [2.05, 4.69) is 38.6 Å². The zero-order valence-electron chi connectivity index (χ0n) is 14.9. The summed E-state index contributed by atoms with van der Waals surface area (Å²) < 4.78 is 0. The van der Waals surface area contributed by atoms with E-state index in [0.717, 1.165) is 41.3 Å². The molecule has 0 saturated heterocycles. The van der Waals surface area contributed by atoms with Crippen LogP contribution in [0, 0.1) is 13.8 Å². The number of aromatic nitrogens is 2. The van der Waals surface area contributed by atoms with Crippen molar-refractivity contribution in [3.63, 3.8) is 0 Å². The van der Waals surface area contributed by atoms with Gasteiger partial charge in [-0.25, -0.2) is 0 Å². The first-order valence-electron chi connectivity index (χ1n) is 8.70. The molecular formula is C21H20N4O. The maximum atomic E-state index is 12.5. The van der Waals surface area contributed by atoms with E-state index in [9.17, 15) is 4.79 Å². The van der Waals surface area contributed by atoms with E-state index in [1.54, 1.807) is 6.07 Å². The first kappa shape index (κ1) is 16.3. The first-order chi connectivity index (χ1) is 12.6. The van der Waals surface area contributed by atoms with E-state index in [1.807, 2.05) is 44.2 Å². The lowest BCUT2D eigenvalue weighted by Crippen LogP contribution is -2.18. The number of rotatable bonds is 3. The lowest BCUT2D eigenvalue weighted by atomic mass is 10.1. The van der Waals surface area contributed by atoms with Crippen LogP contribution in [-0.2, 0) is 6.42 Å². The van der Waals surface area contributed by atoms with Gasteiger partial charge in [-0.05, 0) is 61.2 Å². The Morgan fingerprint density at radius 2 is 1.85 bits per heavy atom. The zero-order valence-corrected chi connectivity index (χ0v) is 14.9. The SMILES string of the molecule is Cc1cccc(NC(=O)c2ccc(N3CCc4ccccc43)nn2)c1C. The van der Waals surface area contributed by atoms with E-state index < -0.39 is 0 Å². The summed E-state index contributed by atoms with van der Waals surface area (Å²) in [5.41, 5.74) is 5.77. The Balaban J connectivity index is 1.53. The van der Waals surface area contributed by atoms with Gasteiger partial charge in [0.05, 0.1) is 0 Å². The fraction of sp³-hybridized carbons (Fsp3) is 0.190. The summed E-state index contributed by atoms with van der Waals surface area (Å²) in [6.45, 7) is 4.89. The highest BCUT2D eigenvalue weighted by molar-refractivity contribution is 6.03. The van der Waals surface area contributed by atoms with Crippen molar-refractivity contribution in [3.8, 4) is 0 Å². The van der Waals surface area contributed by atoms with E-state index in [-0.39, 0.29) is 5.91 Å². The molecule has 1 aliphatic rings. The highest BCUT2D eigenvalue weighted by atomic mass is 16.1. The third kappa shape index (κ3) is 2.92. The second kappa shape index (κ2) is 6.59. The van der Waals surface area contributed by atoms with E-state index in [4.69, 9.17) is 0 Å². The smallest absolute Gasteiger partial charge is 0.276 e. The quantitative estimate of drug-likeness (QED) is 0.779. The average molecular weight is 344 g/mol. The van der Waals surface area contributed by atoms with Crippen molar-refractivity contribution >= 4 is 23.1 Å². The van der Waals surface area contributed by atoms with E-state index >= 15 is 0 Å². The molecule has 5 nitrogen and oxygen atoms in total. The molecule has 0 saturated carbocycles. The predicted molar refractivity (Wildman–Crippen MR) is 103 cm³/mol. The molecule has 1 amide bonds. The highest BCUT2D eigenvalue weighted by Gasteiger charge is 2.21. The molecule has 0 radical (unpaired) electrons. The number of amides is 1. The van der Waals surface area contributed by atoms with Gasteiger partial charge in [-0.3, -0.25) is 4.79 Å². The minimum atomic E-state index is -0.250. The highest BCUT2D eigenvalue weighted by Crippen LogP contribution is 2.32. The number of hydrogen-bond donors (Lipinski definition) is 1. The predicted octanol–water partition coefficient (Wildman–Crippen LogP) is 4.04. The molecule has 1 aliphatic heterocycles. The molecule has 2 aromatic carbocycles. The average Bonchev–Trinajstić information content (AvgIpc) is 3.10. The Morgan fingerprint density at radius 3 is 2.65 bits per heavy atom. The number of nitrogens with zero attached hydrogens (tertiary/aromatic N) is 3. The summed E-state index contributed by atoms with van der Waals surface area (Å²) in [6.07, 6.45) is 0.993. The van der Waals surface area contributed by atoms with Crippen LogP contribution in [0.2, 0.25) is 0 Å². The molecule has 3 aromatic rings. The number of anilines is 3. The third-order valence-electron chi connectivity index (χ3n) is 4.90. The van der Waals surface area contributed by atoms with Gasteiger partial charge in [0.2, 0.25) is 0 Å². The van der Waals surface area contributed by atoms with Gasteiger partial charge in [0, 0.05) is 17.9 Å². The second-order valence-corrected chi connectivity index (χ2v) is 6.51. The van der Waals surface area contributed by atoms with E-state index in [1.165, 1.54) is 5.56 Å². The molecular weight excluding hydrogens is 324 g/mol. The summed E-state index contributed by atoms with van der Waals surface area (Å²) in [6, 6.07) is 17.7. The minimum absolute atomic E-state index is 0.250. The summed E-state index contributed by atoms with van der Waals surface area (Å²) in [5.74, 6) is 0.512. The Bertz CT molecular complexity index is 966. The maximum Gasteiger partial charge on any atom is 0.276 e. The molecule has 4 rings (SSSR count). The Morgan fingerprint density at radius 1 is 1.00 bits per heavy atom. The lowest BCUT2D eigenvalue weighted by molar-refractivity contribution is 0.102. The molecule has 1 N–H and O–H groups in total. The van der Waals surface area contributed by atoms with Gasteiger partial charge in [-0.15, -0.1) is 10.2 Å². The van der Waals surface area contributed by atoms with E-state index in [0.29, 0.717) is 5.69 Å². The van der Waals surface area contributed by atoms with Gasteiger partial charge in [0.1, 0.15) is 0 Å². The zero-order chi connectivity index (χ0) is 18.1. The largest absolute Gasteiger partial charge is 0.324 e. The molecule has 1 aromatic heterocycles. The standard InChI is InChI=1S/C21H20N4O/c1-14-6-5-8-17(15(14)2)22-21(26)18-10-11-20(24-23-18)25-13-12-16-7-3-4-9-19(16)25/h3-11H,12-13H2,1-2H3,(H,22,26). The number of aryl methyl sites for hydroxylation is 1. The van der Waals surface area contributed by atoms with Crippen LogP contribution in [0.4, 0.5) is 17.2 Å². The van der Waals surface area contributed by atoms with Crippen LogP contribution in [0.15, 0.2) is 54.6 Å². The molecule has 0 spiro atoms. The monoisotopic (exact) mass is 344 g/mol. The van der Waals surface area contributed by atoms with Crippen molar-refractivity contribution in [1.29, 1.82) is 0 Å². The van der Waals surface area contributed by atoms with Crippen LogP contribution in [0.1, 0.15) is 27.2 Å². The number of hydrogen-bond acceptors (Lipinski definition) is 4. The van der Waals surface area contributed by atoms with Crippen molar-refractivity contribution in [1.82, 2.24) is 10.2 Å². The number of para-hydroxylation sites is 1. The Kier molecular flexibility index (Phi) is 4.13. The molecule has 0 bridgehead atoms. The summed E-state index contributed by atoms with van der Waals surface area (Å²) >= 11 is 0. The molecule has 0 atom stereocenters. The van der Waals surface area contributed by atoms with Crippen molar-refractivity contribution < 1.29 is 4.79 Å². The minimum Gasteiger partial charge on any atom is -0.324 e. The van der Waals surface area contributed by atoms with Gasteiger partial charge < -0.3 is 10.2 Å². The first-order valence-corrected chi connectivity index (χ1v) is 8.70. The van der Waals surface area contributed by atoms with Gasteiger partial charge >= 0.3 is 0 Å². The molecule has 5 heteroatoms. The number of benzene rings is 2. The van der Waals surface area contributed by atoms with Crippen LogP contribution in [0.3, 0.4) is 0 Å². The second-order valence-electron chi connectivity index (χ2n) is 6.51. The van der Waals surface area contributed by atoms with Crippen LogP contribution < -0.4 is 10.2 Å². The molecule has 26 heavy (non-hydrogen) atoms. The fourth-order valence-corrected chi connectivity index (χ4v) is 3.24. The van der Waals surface area contributed by atoms with Gasteiger partial charge in [-0.2, -0.15) is 0 Å². The molecule has 130 valence electrons. The van der Waals surface area contributed by atoms with Crippen molar-refractivity contribution in [2.24, 2.45) is 0 Å². The van der Waals surface area contributed by atoms with Crippen LogP contribution in [0.5, 0.6) is 0 Å². The van der Waals surface area contributed by atoms with Crippen LogP contribution in [0.25, 0.3) is 0 Å². The number of nitrogens with one attached hydrogen (secondary N) is 1. The topological polar surface area (TPSA) is 58.1 Å². The number of carbonyl (C=O) groups is 1. The van der Waals surface area contributed by atoms with Crippen LogP contribution in [-0.4, -0.2) is 22.6 Å². The molecule has 2 heterocycles. The molecule has 0 unspecified atom stereocenters. The van der Waals surface area contributed by atoms with Crippen molar-refractivity contribution in [3.05, 3.63) is 77.0 Å². The summed E-state index contributed by atoms with van der Waals surface area (Å²) in [7, 11) is 0. The summed E-state index contributed by atoms with van der Waals surface area (Å²) in [5, 5.41) is 11.3. The Hall–Kier alpha value is -3.21. The van der Waals surface area contributed by atoms with Crippen molar-refractivity contribution in [2.45, 2.75) is 20.3 Å². The van der Waals surface area contributed by atoms with Gasteiger partial charge in [0.25, 0.3) is 5.91 Å². The number of carbonyl (C=O) groups excluding carboxylic acids is 1. The van der Waals surface area contributed by atoms with Crippen molar-refractivity contribution in [2.75, 3.05) is 16.8 Å². The third-order valence-corrected chi connectivity index (χ3v) is 4.90. The maximum absolute atomic E-state index is 12.5. The summed E-state index contributed by atoms with van der Waals surface area (Å²) in [4.78, 5) is 14.6. The van der Waals surface area contributed by atoms with Gasteiger partial charge in [-0.1, -0.05) is 30.3 Å². The molecule has 0 fully saturated rings. The fourth-order valence-electron chi connectivity index (χ4n) is 3.24.